The summed E-state index contributed by atoms with van der Waals surface area (Å²) in [7, 11) is 0. The Morgan fingerprint density at radius 3 is 2.52 bits per heavy atom. The molecule has 2 rings (SSSR count). The van der Waals surface area contributed by atoms with E-state index >= 15 is 0 Å². The predicted molar refractivity (Wildman–Crippen MR) is 65.8 cm³/mol. The summed E-state index contributed by atoms with van der Waals surface area (Å²) >= 11 is 0. The highest BCUT2D eigenvalue weighted by atomic mass is 19.4. The Hall–Kier alpha value is -1.06. The van der Waals surface area contributed by atoms with Gasteiger partial charge in [0.25, 0.3) is 0 Å². The van der Waals surface area contributed by atoms with Gasteiger partial charge in [-0.1, -0.05) is 0 Å². The molecule has 0 radical (unpaired) electrons. The zero-order valence-corrected chi connectivity index (χ0v) is 11.5. The number of alkyl halides is 3. The average molecular weight is 312 g/mol. The van der Waals surface area contributed by atoms with Crippen LogP contribution < -0.4 is 5.32 Å². The molecule has 2 saturated heterocycles. The van der Waals surface area contributed by atoms with E-state index in [4.69, 9.17) is 9.47 Å². The van der Waals surface area contributed by atoms with E-state index in [0.717, 1.165) is 0 Å². The number of likely N-dealkylation sites (tertiary alicyclic amines) is 1. The number of amides is 2. The van der Waals surface area contributed by atoms with Crippen molar-refractivity contribution in [1.82, 2.24) is 10.2 Å². The van der Waals surface area contributed by atoms with Crippen molar-refractivity contribution in [2.45, 2.75) is 30.7 Å². The zero-order chi connectivity index (χ0) is 15.5. The predicted octanol–water partition coefficient (Wildman–Crippen LogP) is 0.501. The number of aliphatic hydroxyl groups is 1. The van der Waals surface area contributed by atoms with Crippen LogP contribution in [0.3, 0.4) is 0 Å². The molecule has 0 bridgehead atoms. The van der Waals surface area contributed by atoms with Crippen LogP contribution in [0.4, 0.5) is 18.0 Å². The molecule has 6 nitrogen and oxygen atoms in total. The van der Waals surface area contributed by atoms with Crippen LogP contribution in [0.1, 0.15) is 12.8 Å². The van der Waals surface area contributed by atoms with E-state index < -0.39 is 30.7 Å². The van der Waals surface area contributed by atoms with E-state index in [9.17, 15) is 23.1 Å². The molecule has 2 fully saturated rings. The second-order valence-electron chi connectivity index (χ2n) is 5.27. The third-order valence-electron chi connectivity index (χ3n) is 3.77. The molecule has 0 aromatic carbocycles. The number of nitrogens with one attached hydrogen (secondary N) is 1. The molecule has 2 amide bonds. The molecular formula is C12H19F3N2O4. The number of nitrogens with zero attached hydrogens (tertiary/aromatic N) is 1. The van der Waals surface area contributed by atoms with Gasteiger partial charge in [0.1, 0.15) is 0 Å². The van der Waals surface area contributed by atoms with Gasteiger partial charge in [-0.25, -0.2) is 4.79 Å². The van der Waals surface area contributed by atoms with E-state index in [-0.39, 0.29) is 25.7 Å². The van der Waals surface area contributed by atoms with Crippen molar-refractivity contribution >= 4 is 6.03 Å². The first-order valence-corrected chi connectivity index (χ1v) is 6.83. The minimum Gasteiger partial charge on any atom is -0.380 e. The largest absolute Gasteiger partial charge is 0.417 e. The van der Waals surface area contributed by atoms with Crippen LogP contribution in [-0.2, 0) is 9.47 Å². The maximum Gasteiger partial charge on any atom is 0.417 e. The topological polar surface area (TPSA) is 71.0 Å². The lowest BCUT2D eigenvalue weighted by Gasteiger charge is -2.39. The standard InChI is InChI=1S/C12H19F3N2O4/c13-12(14,15)11(19)1-3-17(4-2-11)10(18)16-7-9-8-20-5-6-21-9/h9,19H,1-8H2,(H,16,18). The normalized spacial score (nSPS) is 26.5. The molecule has 0 spiro atoms. The number of rotatable bonds is 2. The smallest absolute Gasteiger partial charge is 0.380 e. The first-order chi connectivity index (χ1) is 9.82. The fourth-order valence-electron chi connectivity index (χ4n) is 2.33. The maximum absolute atomic E-state index is 12.6. The van der Waals surface area contributed by atoms with Crippen LogP contribution in [0.5, 0.6) is 0 Å². The number of piperidine rings is 1. The van der Waals surface area contributed by atoms with Gasteiger partial charge < -0.3 is 24.8 Å². The third-order valence-corrected chi connectivity index (χ3v) is 3.77. The summed E-state index contributed by atoms with van der Waals surface area (Å²) in [6, 6.07) is -0.451. The van der Waals surface area contributed by atoms with E-state index in [1.54, 1.807) is 0 Å². The molecule has 21 heavy (non-hydrogen) atoms. The van der Waals surface area contributed by atoms with Crippen molar-refractivity contribution < 1.29 is 32.5 Å². The number of urea groups is 1. The number of halogens is 3. The first-order valence-electron chi connectivity index (χ1n) is 6.83. The molecule has 9 heteroatoms. The summed E-state index contributed by atoms with van der Waals surface area (Å²) in [6.07, 6.45) is -5.91. The number of ether oxygens (including phenoxy) is 2. The van der Waals surface area contributed by atoms with Gasteiger partial charge in [0.2, 0.25) is 0 Å². The van der Waals surface area contributed by atoms with E-state index in [1.807, 2.05) is 0 Å². The van der Waals surface area contributed by atoms with E-state index in [2.05, 4.69) is 5.32 Å². The summed E-state index contributed by atoms with van der Waals surface area (Å²) in [5, 5.41) is 12.1. The highest BCUT2D eigenvalue weighted by Gasteiger charge is 2.54. The molecule has 2 N–H and O–H groups in total. The van der Waals surface area contributed by atoms with Crippen molar-refractivity contribution in [3.05, 3.63) is 0 Å². The SMILES string of the molecule is O=C(NCC1COCCO1)N1CCC(O)(C(F)(F)F)CC1. The summed E-state index contributed by atoms with van der Waals surface area (Å²) in [6.45, 7) is 1.34. The first kappa shape index (κ1) is 16.3. The van der Waals surface area contributed by atoms with Crippen LogP contribution in [0.2, 0.25) is 0 Å². The van der Waals surface area contributed by atoms with Crippen molar-refractivity contribution in [2.75, 3.05) is 39.5 Å². The Bertz CT molecular complexity index is 364. The highest BCUT2D eigenvalue weighted by molar-refractivity contribution is 5.74. The Morgan fingerprint density at radius 1 is 1.33 bits per heavy atom. The number of carbonyl (C=O) groups excluding carboxylic acids is 1. The lowest BCUT2D eigenvalue weighted by atomic mass is 9.91. The lowest BCUT2D eigenvalue weighted by Crippen LogP contribution is -2.56. The van der Waals surface area contributed by atoms with Gasteiger partial charge >= 0.3 is 12.2 Å². The molecule has 2 heterocycles. The van der Waals surface area contributed by atoms with Crippen LogP contribution >= 0.6 is 0 Å². The van der Waals surface area contributed by atoms with Crippen molar-refractivity contribution in [3.8, 4) is 0 Å². The van der Waals surface area contributed by atoms with Crippen molar-refractivity contribution in [1.29, 1.82) is 0 Å². The fourth-order valence-corrected chi connectivity index (χ4v) is 2.33. The minimum absolute atomic E-state index is 0.135. The van der Waals surface area contributed by atoms with Crippen LogP contribution in [-0.4, -0.2) is 73.4 Å². The monoisotopic (exact) mass is 312 g/mol. The summed E-state index contributed by atoms with van der Waals surface area (Å²) in [4.78, 5) is 13.1. The van der Waals surface area contributed by atoms with Crippen molar-refractivity contribution in [2.24, 2.45) is 0 Å². The summed E-state index contributed by atoms with van der Waals surface area (Å²) in [5.41, 5.74) is -2.69. The summed E-state index contributed by atoms with van der Waals surface area (Å²) < 4.78 is 48.5. The molecule has 0 aromatic rings. The maximum atomic E-state index is 12.6. The molecule has 2 aliphatic rings. The number of hydrogen-bond acceptors (Lipinski definition) is 4. The van der Waals surface area contributed by atoms with Crippen LogP contribution in [0.15, 0.2) is 0 Å². The second kappa shape index (κ2) is 6.37. The molecular weight excluding hydrogens is 293 g/mol. The quantitative estimate of drug-likeness (QED) is 0.779. The Kier molecular flexibility index (Phi) is 4.95. The van der Waals surface area contributed by atoms with Crippen LogP contribution in [0, 0.1) is 0 Å². The molecule has 0 aliphatic carbocycles. The second-order valence-corrected chi connectivity index (χ2v) is 5.27. The van der Waals surface area contributed by atoms with Crippen LogP contribution in [0.25, 0.3) is 0 Å². The van der Waals surface area contributed by atoms with Gasteiger partial charge in [-0.3, -0.25) is 0 Å². The zero-order valence-electron chi connectivity index (χ0n) is 11.5. The van der Waals surface area contributed by atoms with Gasteiger partial charge in [-0.05, 0) is 0 Å². The number of hydrogen-bond donors (Lipinski definition) is 2. The third kappa shape index (κ3) is 3.98. The molecule has 0 aromatic heterocycles. The van der Waals surface area contributed by atoms with Gasteiger partial charge in [-0.15, -0.1) is 0 Å². The Morgan fingerprint density at radius 2 is 2.00 bits per heavy atom. The Labute approximate surface area is 120 Å². The van der Waals surface area contributed by atoms with E-state index in [1.165, 1.54) is 4.90 Å². The number of carbonyl (C=O) groups is 1. The minimum atomic E-state index is -4.66. The van der Waals surface area contributed by atoms with Crippen molar-refractivity contribution in [3.63, 3.8) is 0 Å². The summed E-state index contributed by atoms with van der Waals surface area (Å²) in [5.74, 6) is 0. The van der Waals surface area contributed by atoms with Gasteiger partial charge in [0.15, 0.2) is 5.60 Å². The lowest BCUT2D eigenvalue weighted by molar-refractivity contribution is -0.271. The van der Waals surface area contributed by atoms with E-state index in [0.29, 0.717) is 19.8 Å². The molecule has 1 unspecified atom stereocenters. The molecule has 1 atom stereocenters. The average Bonchev–Trinajstić information content (AvgIpc) is 2.45. The molecule has 2 aliphatic heterocycles. The van der Waals surface area contributed by atoms with Gasteiger partial charge in [0, 0.05) is 32.5 Å². The fraction of sp³-hybridized carbons (Fsp3) is 0.917. The molecule has 122 valence electrons. The van der Waals surface area contributed by atoms with Gasteiger partial charge in [0.05, 0.1) is 25.9 Å². The Balaban J connectivity index is 1.75. The highest BCUT2D eigenvalue weighted by Crippen LogP contribution is 2.38. The van der Waals surface area contributed by atoms with Gasteiger partial charge in [-0.2, -0.15) is 13.2 Å². The molecule has 0 saturated carbocycles.